The number of unbranched alkanes of at least 4 members (excludes halogenated alkanes) is 1. The first-order valence-electron chi connectivity index (χ1n) is 47.6. The number of thioether (sulfide) groups is 2. The van der Waals surface area contributed by atoms with E-state index >= 15 is 0 Å². The van der Waals surface area contributed by atoms with Crippen molar-refractivity contribution in [3.8, 4) is 5.75 Å². The van der Waals surface area contributed by atoms with Gasteiger partial charge in [-0.25, -0.2) is 9.59 Å². The molecule has 142 heavy (non-hydrogen) atoms. The lowest BCUT2D eigenvalue weighted by Crippen LogP contribution is -2.63. The molecule has 790 valence electrons. The van der Waals surface area contributed by atoms with Crippen LogP contribution in [0.1, 0.15) is 188 Å². The molecule has 0 spiro atoms. The van der Waals surface area contributed by atoms with Gasteiger partial charge in [0.15, 0.2) is 58.8 Å². The molecule has 11 amide bonds. The largest absolute Gasteiger partial charge is 0.495 e. The highest BCUT2D eigenvalue weighted by molar-refractivity contribution is 8.00. The lowest BCUT2D eigenvalue weighted by atomic mass is 9.83. The molecule has 0 aliphatic carbocycles. The second kappa shape index (κ2) is 57.8. The molecular weight excluding hydrogens is 1910 g/mol. The molecule has 31 N–H and O–H groups in total. The minimum Gasteiger partial charge on any atom is -0.495 e. The first-order chi connectivity index (χ1) is 67.1. The summed E-state index contributed by atoms with van der Waals surface area (Å²) in [5, 5.41) is 83.2. The number of halogens is 1. The third kappa shape index (κ3) is 37.3. The summed E-state index contributed by atoms with van der Waals surface area (Å²) >= 11 is 8.84. The molecule has 0 saturated carbocycles. The molecule has 5 heterocycles. The average Bonchev–Trinajstić information content (AvgIpc) is 1.57. The van der Waals surface area contributed by atoms with E-state index in [1.54, 1.807) is 51.1 Å². The second-order valence-electron chi connectivity index (χ2n) is 36.4. The summed E-state index contributed by atoms with van der Waals surface area (Å²) in [6.45, 7) is 8.95. The molecule has 0 aromatic heterocycles. The normalized spacial score (nSPS) is 22.4. The van der Waals surface area contributed by atoms with E-state index < -0.39 is 232 Å². The number of nitrogens with two attached hydrogens (primary N) is 7. The Bertz CT molecular complexity index is 4770. The number of imide groups is 2. The van der Waals surface area contributed by atoms with E-state index in [4.69, 9.17) is 108 Å². The second-order valence-corrected chi connectivity index (χ2v) is 39.3. The van der Waals surface area contributed by atoms with Crippen molar-refractivity contribution >= 4 is 165 Å². The smallest absolute Gasteiger partial charge is 0.409 e. The number of aliphatic hydroxyl groups is 1. The molecular formula is C91H146ClN27O21S2. The number of fused-ring (bicyclic) bond motifs is 5. The first kappa shape index (κ1) is 119. The topological polar surface area (TPSA) is 784 Å². The van der Waals surface area contributed by atoms with E-state index in [-0.39, 0.29) is 194 Å². The monoisotopic (exact) mass is 2050 g/mol. The van der Waals surface area contributed by atoms with Gasteiger partial charge >= 0.3 is 12.1 Å². The molecule has 4 saturated heterocycles. The number of carbonyl (C=O) groups excluding carboxylic acids is 15. The number of likely N-dealkylation sites (tertiary alicyclic amines) is 2. The van der Waals surface area contributed by atoms with Gasteiger partial charge in [0.1, 0.15) is 40.7 Å². The predicted octanol–water partition coefficient (Wildman–Crippen LogP) is -0.322. The Labute approximate surface area is 839 Å². The Morgan fingerprint density at radius 1 is 0.620 bits per heavy atom. The number of allylic oxidation sites excluding steroid dienone is 3. The number of epoxide rings is 1. The standard InChI is InChI=1S/C91H146ClN27O21S2/c1-10-53(21-14-29-106-83(94)95)77(128)112-57(24-17-32-109-86(100)101)61(120)41-54(22-15-30-107-84(96)97)78(129)113-58(25-18-33-110-87(102)103)62(121)42-55(23-16-31-108-85(98)99)79(130)114-59(26-19-34-111-88(104)105)63(122)43-56(76(93)127)48-142-67-45-73(126)119(81(67)132)36-12-11-35-118-72(125)44-66(80(118)131)141-37-28-70(123)116(6)51(4)82(133)139-69-46-71(124)117(7)60-39-52(40-64(136-8)74(60)92)38-49(2)20-13-27-68(137-9)91(135)47-65(138-89(134)115-91)50(3)75-90(69,5)140-75/h13,20,27,39-40,50-51,53-59,65-69,75,135H,10-12,14-19,21-26,28-38,41-48H2,1-9H3,(H2,93,127)(H,112,128)(H,113,129)(H,114,130)(H,115,134)(H4,94,95,106)(H4,96,97,107)(H4,98,99,108)(H4,100,101,109)(H4,102,103,110)(H4,104,105,111)/b27-13+,49-20+/t50-,51+,53-,54+,55+,56-,57-,58-,59-,65+,66?,67?,68-,69+,75+,90-,91+/m1/s1. The van der Waals surface area contributed by atoms with Crippen molar-refractivity contribution in [2.24, 2.45) is 69.7 Å². The van der Waals surface area contributed by atoms with Gasteiger partial charge in [-0.05, 0) is 141 Å². The van der Waals surface area contributed by atoms with E-state index in [9.17, 15) is 77.0 Å². The summed E-state index contributed by atoms with van der Waals surface area (Å²) in [5.74, 6) is -16.2. The molecule has 1 aromatic rings. The van der Waals surface area contributed by atoms with E-state index in [0.717, 1.165) is 43.8 Å². The number of nitrogens with one attached hydrogen (secondary N) is 16. The predicted molar refractivity (Wildman–Crippen MR) is 533 cm³/mol. The third-order valence-electron chi connectivity index (χ3n) is 25.6. The molecule has 1 aromatic carbocycles. The van der Waals surface area contributed by atoms with E-state index in [0.29, 0.717) is 37.8 Å². The molecule has 48 nitrogen and oxygen atoms in total. The Morgan fingerprint density at radius 2 is 1.05 bits per heavy atom. The van der Waals surface area contributed by atoms with E-state index in [1.807, 2.05) is 6.92 Å². The van der Waals surface area contributed by atoms with Crippen molar-refractivity contribution in [2.45, 2.75) is 259 Å². The highest BCUT2D eigenvalue weighted by Crippen LogP contribution is 2.50. The fourth-order valence-electron chi connectivity index (χ4n) is 17.2. The molecule has 2 unspecified atom stereocenters. The number of rotatable bonds is 58. The summed E-state index contributed by atoms with van der Waals surface area (Å²) in [6.07, 6.45) is -0.627. The number of guanidine groups is 6. The Morgan fingerprint density at radius 3 is 1.48 bits per heavy atom. The molecule has 5 aliphatic rings. The maximum absolute atomic E-state index is 15.0. The summed E-state index contributed by atoms with van der Waals surface area (Å²) in [5.41, 5.74) is 37.8. The van der Waals surface area contributed by atoms with Gasteiger partial charge in [0.05, 0.1) is 59.9 Å². The van der Waals surface area contributed by atoms with E-state index in [1.165, 1.54) is 40.1 Å². The number of benzene rings is 1. The fraction of sp³-hybridized carbons (Fsp3) is 0.659. The van der Waals surface area contributed by atoms with Gasteiger partial charge in [-0.1, -0.05) is 49.2 Å². The van der Waals surface area contributed by atoms with Gasteiger partial charge in [-0.3, -0.25) is 110 Å². The highest BCUT2D eigenvalue weighted by atomic mass is 35.5. The maximum atomic E-state index is 15.0. The number of hydrogen-bond acceptors (Lipinski definition) is 29. The molecule has 0 radical (unpaired) electrons. The summed E-state index contributed by atoms with van der Waals surface area (Å²) in [7, 11) is 5.70. The van der Waals surface area contributed by atoms with Crippen LogP contribution in [-0.4, -0.2) is 307 Å². The summed E-state index contributed by atoms with van der Waals surface area (Å²) in [6, 6.07) is -1.72. The zero-order valence-corrected chi connectivity index (χ0v) is 84.6. The number of primary amides is 1. The average molecular weight is 2050 g/mol. The zero-order chi connectivity index (χ0) is 106. The number of ketones is 3. The van der Waals surface area contributed by atoms with Gasteiger partial charge in [0.2, 0.25) is 59.1 Å². The Hall–Kier alpha value is -12.2. The van der Waals surface area contributed by atoms with Crippen molar-refractivity contribution in [1.82, 2.24) is 67.9 Å². The van der Waals surface area contributed by atoms with Crippen molar-refractivity contribution < 1.29 is 101 Å². The van der Waals surface area contributed by atoms with E-state index in [2.05, 4.69) is 53.2 Å². The van der Waals surface area contributed by atoms with Gasteiger partial charge in [0, 0.05) is 154 Å². The number of likely N-dealkylation sites (N-methyl/N-ethyl adjacent to an activating group) is 1. The van der Waals surface area contributed by atoms with Crippen LogP contribution in [0, 0.1) is 62.0 Å². The Kier molecular flexibility index (Phi) is 48.3. The van der Waals surface area contributed by atoms with Crippen molar-refractivity contribution in [2.75, 3.05) is 97.1 Å². The SMILES string of the molecule is CC[C@H](CCCNC(=N)N)C(=O)N[C@H](CCCNC(=N)N)C(=O)C[C@H](CCCNC(=N)N)C(=O)N[C@H](CCCNC(=N)N)C(=O)C[C@H](CCCNC(=N)N)C(=O)N[C@H](CCCNC(=N)N)C(=O)C[C@H](CSC1CC(=O)N(CCCCN2C(=O)CC(SCCC(=O)N(C)[C@@H](C)C(=O)O[C@H]3CC(=O)N(C)c4cc(cc(OC)c4Cl)C/C(C)=C/C=C/[C@@H](OC)[C@@]4(O)C[C@H](OC(=O)N4)[C@@H](C)[C@@H]4O[C@]34C)C2=O)C1=O)C(N)=O. The summed E-state index contributed by atoms with van der Waals surface area (Å²) in [4.78, 5) is 217. The third-order valence-corrected chi connectivity index (χ3v) is 28.6. The summed E-state index contributed by atoms with van der Waals surface area (Å²) < 4.78 is 29.6. The molecule has 17 atom stereocenters. The van der Waals surface area contributed by atoms with Crippen LogP contribution in [0.25, 0.3) is 0 Å². The van der Waals surface area contributed by atoms with Crippen LogP contribution in [-0.2, 0) is 92.5 Å². The van der Waals surface area contributed by atoms with Crippen molar-refractivity contribution in [3.63, 3.8) is 0 Å². The molecule has 5 aliphatic heterocycles. The lowest BCUT2D eigenvalue weighted by Gasteiger charge is -2.42. The number of ether oxygens (including phenoxy) is 5. The van der Waals surface area contributed by atoms with Gasteiger partial charge in [0.25, 0.3) is 0 Å². The van der Waals surface area contributed by atoms with Gasteiger partial charge < -0.3 is 127 Å². The van der Waals surface area contributed by atoms with Crippen LogP contribution in [0.4, 0.5) is 10.5 Å². The maximum Gasteiger partial charge on any atom is 0.409 e. The zero-order valence-electron chi connectivity index (χ0n) is 82.2. The highest BCUT2D eigenvalue weighted by Gasteiger charge is 2.65. The lowest BCUT2D eigenvalue weighted by molar-refractivity contribution is -0.162. The quantitative estimate of drug-likeness (QED) is 0.00992. The molecule has 4 fully saturated rings. The number of Topliss-reactive ketones (excluding diaryl/α,β-unsaturated/α-hetero) is 3. The van der Waals surface area contributed by atoms with Crippen LogP contribution in [0.3, 0.4) is 0 Å². The van der Waals surface area contributed by atoms with Crippen molar-refractivity contribution in [3.05, 3.63) is 46.5 Å². The van der Waals surface area contributed by atoms with Crippen LogP contribution >= 0.6 is 35.1 Å². The molecule has 6 rings (SSSR count). The van der Waals surface area contributed by atoms with Crippen LogP contribution in [0.15, 0.2) is 35.9 Å². The number of nitrogens with zero attached hydrogens (tertiary/aromatic N) is 4. The minimum atomic E-state index is -1.95. The number of hydrogen-bond donors (Lipinski definition) is 24. The number of alkyl carbamates (subject to hydrolysis) is 1. The fourth-order valence-corrected chi connectivity index (χ4v) is 19.9. The number of esters is 1. The molecule has 4 bridgehead atoms. The number of carbonyl (C=O) groups is 15. The van der Waals surface area contributed by atoms with Crippen LogP contribution in [0.5, 0.6) is 5.75 Å². The van der Waals surface area contributed by atoms with Crippen molar-refractivity contribution in [1.29, 1.82) is 32.5 Å². The van der Waals surface area contributed by atoms with Gasteiger partial charge in [-0.2, -0.15) is 0 Å². The number of methoxy groups -OCH3 is 2. The van der Waals surface area contributed by atoms with Crippen LogP contribution < -0.4 is 103 Å². The number of anilines is 1. The molecule has 51 heteroatoms. The van der Waals surface area contributed by atoms with Gasteiger partial charge in [-0.15, -0.1) is 23.5 Å². The first-order valence-corrected chi connectivity index (χ1v) is 50.1. The van der Waals surface area contributed by atoms with Crippen LogP contribution in [0.2, 0.25) is 5.02 Å². The Balaban J connectivity index is 1.08. The minimum absolute atomic E-state index is 0.0141. The number of amides is 11.